The summed E-state index contributed by atoms with van der Waals surface area (Å²) in [4.78, 5) is 0. The fourth-order valence-corrected chi connectivity index (χ4v) is 3.19. The van der Waals surface area contributed by atoms with Crippen LogP contribution >= 0.6 is 0 Å². The molecule has 0 aromatic heterocycles. The van der Waals surface area contributed by atoms with Crippen molar-refractivity contribution in [1.82, 2.24) is 0 Å². The van der Waals surface area contributed by atoms with Crippen molar-refractivity contribution in [2.45, 2.75) is 51.3 Å². The van der Waals surface area contributed by atoms with Crippen molar-refractivity contribution in [3.05, 3.63) is 35.4 Å². The molecule has 19 heavy (non-hydrogen) atoms. The molecule has 0 spiro atoms. The third-order valence-corrected chi connectivity index (χ3v) is 3.95. The summed E-state index contributed by atoms with van der Waals surface area (Å²) in [5, 5.41) is 10.7. The van der Waals surface area contributed by atoms with Crippen LogP contribution in [0.25, 0.3) is 0 Å². The van der Waals surface area contributed by atoms with Crippen LogP contribution in [0.4, 0.5) is 13.2 Å². The van der Waals surface area contributed by atoms with Crippen LogP contribution in [0.5, 0.6) is 0 Å². The molecule has 1 aromatic rings. The van der Waals surface area contributed by atoms with Gasteiger partial charge in [0, 0.05) is 0 Å². The van der Waals surface area contributed by atoms with Gasteiger partial charge in [-0.3, -0.25) is 0 Å². The summed E-state index contributed by atoms with van der Waals surface area (Å²) in [6, 6.07) is 5.38. The first-order valence-electron chi connectivity index (χ1n) is 6.53. The number of hydrogen-bond donors (Lipinski definition) is 1. The molecule has 1 unspecified atom stereocenters. The Balaban J connectivity index is 2.46. The zero-order valence-corrected chi connectivity index (χ0v) is 11.2. The summed E-state index contributed by atoms with van der Waals surface area (Å²) in [7, 11) is 0. The molecule has 0 heterocycles. The third kappa shape index (κ3) is 2.94. The molecule has 1 N–H and O–H groups in total. The fourth-order valence-electron chi connectivity index (χ4n) is 3.19. The number of alkyl halides is 3. The summed E-state index contributed by atoms with van der Waals surface area (Å²) in [5.74, 6) is 0. The van der Waals surface area contributed by atoms with Gasteiger partial charge in [0.05, 0.1) is 11.2 Å². The fraction of sp³-hybridized carbons (Fsp3) is 0.600. The van der Waals surface area contributed by atoms with Crippen molar-refractivity contribution >= 4 is 0 Å². The molecule has 4 heteroatoms. The van der Waals surface area contributed by atoms with E-state index < -0.39 is 17.3 Å². The van der Waals surface area contributed by atoms with E-state index in [0.29, 0.717) is 12.8 Å². The second kappa shape index (κ2) is 4.51. The van der Waals surface area contributed by atoms with Gasteiger partial charge in [-0.1, -0.05) is 32.0 Å². The van der Waals surface area contributed by atoms with Crippen molar-refractivity contribution < 1.29 is 18.3 Å². The minimum Gasteiger partial charge on any atom is -0.385 e. The molecule has 0 saturated heterocycles. The number of aliphatic hydroxyl groups is 1. The van der Waals surface area contributed by atoms with E-state index in [9.17, 15) is 18.3 Å². The molecule has 2 rings (SSSR count). The highest BCUT2D eigenvalue weighted by Gasteiger charge is 2.44. The summed E-state index contributed by atoms with van der Waals surface area (Å²) in [6.07, 6.45) is -1.98. The van der Waals surface area contributed by atoms with Gasteiger partial charge in [-0.25, -0.2) is 0 Å². The quantitative estimate of drug-likeness (QED) is 0.798. The minimum atomic E-state index is -4.42. The smallest absolute Gasteiger partial charge is 0.385 e. The van der Waals surface area contributed by atoms with E-state index in [0.717, 1.165) is 18.9 Å². The molecule has 0 bridgehead atoms. The van der Waals surface area contributed by atoms with Crippen LogP contribution in [0.1, 0.15) is 50.7 Å². The standard InChI is InChI=1S/C15H19F3O/c1-13(2)8-5-9-14(19,10-13)11-6-3-4-7-12(11)15(16,17)18/h3-4,6-7,19H,5,8-10H2,1-2H3. The van der Waals surface area contributed by atoms with Gasteiger partial charge in [0.2, 0.25) is 0 Å². The van der Waals surface area contributed by atoms with E-state index in [-0.39, 0.29) is 11.0 Å². The third-order valence-electron chi connectivity index (χ3n) is 3.95. The van der Waals surface area contributed by atoms with E-state index in [1.807, 2.05) is 13.8 Å². The van der Waals surface area contributed by atoms with E-state index in [4.69, 9.17) is 0 Å². The predicted molar refractivity (Wildman–Crippen MR) is 67.6 cm³/mol. The Morgan fingerprint density at radius 2 is 1.74 bits per heavy atom. The Labute approximate surface area is 111 Å². The number of halogens is 3. The number of rotatable bonds is 1. The second-order valence-corrected chi connectivity index (χ2v) is 6.27. The minimum absolute atomic E-state index is 0.0234. The Hall–Kier alpha value is -1.03. The predicted octanol–water partition coefficient (Wildman–Crippen LogP) is 4.49. The summed E-state index contributed by atoms with van der Waals surface area (Å²) in [5.41, 5.74) is -2.19. The molecule has 1 aromatic carbocycles. The Bertz CT molecular complexity index is 465. The molecule has 0 radical (unpaired) electrons. The molecule has 1 aliphatic rings. The normalized spacial score (nSPS) is 27.3. The zero-order valence-electron chi connectivity index (χ0n) is 11.2. The van der Waals surface area contributed by atoms with Crippen LogP contribution < -0.4 is 0 Å². The van der Waals surface area contributed by atoms with E-state index in [1.54, 1.807) is 6.07 Å². The summed E-state index contributed by atoms with van der Waals surface area (Å²) in [6.45, 7) is 3.99. The van der Waals surface area contributed by atoms with Gasteiger partial charge in [-0.05, 0) is 42.7 Å². The van der Waals surface area contributed by atoms with E-state index >= 15 is 0 Å². The Morgan fingerprint density at radius 1 is 1.11 bits per heavy atom. The maximum absolute atomic E-state index is 13.1. The zero-order chi connectivity index (χ0) is 14.3. The number of benzene rings is 1. The molecular formula is C15H19F3O. The highest BCUT2D eigenvalue weighted by Crippen LogP contribution is 2.48. The van der Waals surface area contributed by atoms with Crippen LogP contribution in [0, 0.1) is 5.41 Å². The van der Waals surface area contributed by atoms with Gasteiger partial charge >= 0.3 is 6.18 Å². The van der Waals surface area contributed by atoms with Gasteiger partial charge in [-0.15, -0.1) is 0 Å². The van der Waals surface area contributed by atoms with Crippen LogP contribution in [-0.4, -0.2) is 5.11 Å². The topological polar surface area (TPSA) is 20.2 Å². The average molecular weight is 272 g/mol. The molecule has 1 aliphatic carbocycles. The van der Waals surface area contributed by atoms with E-state index in [1.165, 1.54) is 12.1 Å². The van der Waals surface area contributed by atoms with Crippen LogP contribution in [0.2, 0.25) is 0 Å². The Morgan fingerprint density at radius 3 is 2.32 bits per heavy atom. The molecule has 0 amide bonds. The van der Waals surface area contributed by atoms with Gasteiger partial charge in [0.25, 0.3) is 0 Å². The lowest BCUT2D eigenvalue weighted by Gasteiger charge is -2.42. The van der Waals surface area contributed by atoms with Crippen molar-refractivity contribution in [2.24, 2.45) is 5.41 Å². The lowest BCUT2D eigenvalue weighted by molar-refractivity contribution is -0.142. The van der Waals surface area contributed by atoms with Crippen molar-refractivity contribution in [3.63, 3.8) is 0 Å². The lowest BCUT2D eigenvalue weighted by Crippen LogP contribution is -2.38. The Kier molecular flexibility index (Phi) is 3.42. The van der Waals surface area contributed by atoms with Gasteiger partial charge < -0.3 is 5.11 Å². The maximum Gasteiger partial charge on any atom is 0.416 e. The first-order chi connectivity index (χ1) is 8.64. The van der Waals surface area contributed by atoms with Crippen molar-refractivity contribution in [1.29, 1.82) is 0 Å². The van der Waals surface area contributed by atoms with Crippen LogP contribution in [-0.2, 0) is 11.8 Å². The summed E-state index contributed by atoms with van der Waals surface area (Å²) >= 11 is 0. The molecule has 1 atom stereocenters. The molecule has 106 valence electrons. The average Bonchev–Trinajstić information content (AvgIpc) is 2.26. The van der Waals surface area contributed by atoms with E-state index in [2.05, 4.69) is 0 Å². The maximum atomic E-state index is 13.1. The number of hydrogen-bond acceptors (Lipinski definition) is 1. The first kappa shape index (κ1) is 14.4. The first-order valence-corrected chi connectivity index (χ1v) is 6.53. The molecular weight excluding hydrogens is 253 g/mol. The highest BCUT2D eigenvalue weighted by molar-refractivity contribution is 5.35. The summed E-state index contributed by atoms with van der Waals surface area (Å²) < 4.78 is 39.2. The largest absolute Gasteiger partial charge is 0.416 e. The monoisotopic (exact) mass is 272 g/mol. The van der Waals surface area contributed by atoms with Crippen molar-refractivity contribution in [3.8, 4) is 0 Å². The van der Waals surface area contributed by atoms with Gasteiger partial charge in [-0.2, -0.15) is 13.2 Å². The second-order valence-electron chi connectivity index (χ2n) is 6.27. The van der Waals surface area contributed by atoms with Gasteiger partial charge in [0.15, 0.2) is 0 Å². The lowest BCUT2D eigenvalue weighted by atomic mass is 9.67. The highest BCUT2D eigenvalue weighted by atomic mass is 19.4. The van der Waals surface area contributed by atoms with Crippen LogP contribution in [0.15, 0.2) is 24.3 Å². The molecule has 1 saturated carbocycles. The van der Waals surface area contributed by atoms with Gasteiger partial charge in [0.1, 0.15) is 0 Å². The van der Waals surface area contributed by atoms with Crippen LogP contribution in [0.3, 0.4) is 0 Å². The molecule has 1 fully saturated rings. The molecule has 1 nitrogen and oxygen atoms in total. The molecule has 0 aliphatic heterocycles. The van der Waals surface area contributed by atoms with Crippen molar-refractivity contribution in [2.75, 3.05) is 0 Å². The SMILES string of the molecule is CC1(C)CCCC(O)(c2ccccc2C(F)(F)F)C1.